The van der Waals surface area contributed by atoms with E-state index in [0.29, 0.717) is 6.54 Å². The van der Waals surface area contributed by atoms with Crippen molar-refractivity contribution in [3.05, 3.63) is 77.3 Å². The number of nitrogens with zero attached hydrogens (tertiary/aromatic N) is 4. The number of aromatic nitrogens is 3. The smallest absolute Gasteiger partial charge is 0.137 e. The first kappa shape index (κ1) is 19.5. The van der Waals surface area contributed by atoms with Crippen LogP contribution >= 0.6 is 23.4 Å². The molecule has 2 heterocycles. The van der Waals surface area contributed by atoms with E-state index in [1.807, 2.05) is 40.7 Å². The van der Waals surface area contributed by atoms with Crippen molar-refractivity contribution in [1.82, 2.24) is 19.8 Å². The molecule has 4 rings (SSSR count). The second-order valence-corrected chi connectivity index (χ2v) is 8.71. The molecule has 5 nitrogen and oxygen atoms in total. The molecule has 0 unspecified atom stereocenters. The first-order chi connectivity index (χ1) is 13.5. The van der Waals surface area contributed by atoms with Crippen molar-refractivity contribution in [3.8, 4) is 0 Å². The van der Waals surface area contributed by atoms with Crippen molar-refractivity contribution in [1.29, 1.82) is 0 Å². The maximum Gasteiger partial charge on any atom is 0.137 e. The van der Waals surface area contributed by atoms with E-state index in [4.69, 9.17) is 16.4 Å². The highest BCUT2D eigenvalue weighted by molar-refractivity contribution is 7.99. The van der Waals surface area contributed by atoms with Crippen molar-refractivity contribution in [2.45, 2.75) is 36.4 Å². The van der Waals surface area contributed by atoms with Crippen LogP contribution in [0.2, 0.25) is 5.02 Å². The summed E-state index contributed by atoms with van der Waals surface area (Å²) >= 11 is 7.95. The molecule has 1 saturated heterocycles. The number of likely N-dealkylation sites (N-methyl/N-ethyl adjacent to an activating group) is 1. The maximum atomic E-state index is 6.27. The summed E-state index contributed by atoms with van der Waals surface area (Å²) in [7, 11) is 2.00. The van der Waals surface area contributed by atoms with Gasteiger partial charge < -0.3 is 0 Å². The number of benzene rings is 2. The quantitative estimate of drug-likeness (QED) is 0.553. The highest BCUT2D eigenvalue weighted by atomic mass is 35.5. The van der Waals surface area contributed by atoms with Gasteiger partial charge in [-0.1, -0.05) is 41.4 Å². The molecule has 146 valence electrons. The minimum Gasteiger partial charge on any atom is -0.294 e. The van der Waals surface area contributed by atoms with Gasteiger partial charge in [-0.05, 0) is 36.8 Å². The van der Waals surface area contributed by atoms with Crippen molar-refractivity contribution in [2.75, 3.05) is 12.8 Å². The van der Waals surface area contributed by atoms with E-state index in [2.05, 4.69) is 53.4 Å². The van der Waals surface area contributed by atoms with Gasteiger partial charge in [0, 0.05) is 29.1 Å². The van der Waals surface area contributed by atoms with Gasteiger partial charge in [-0.2, -0.15) is 10.2 Å². The number of rotatable bonds is 6. The number of hydrogen-bond acceptors (Lipinski definition) is 5. The molecule has 1 fully saturated rings. The van der Waals surface area contributed by atoms with Crippen LogP contribution < -0.4 is 0 Å². The Morgan fingerprint density at radius 2 is 1.93 bits per heavy atom. The van der Waals surface area contributed by atoms with Crippen LogP contribution in [0.3, 0.4) is 0 Å². The highest BCUT2D eigenvalue weighted by Crippen LogP contribution is 2.42. The summed E-state index contributed by atoms with van der Waals surface area (Å²) in [6, 6.07) is 16.6. The largest absolute Gasteiger partial charge is 0.294 e. The Bertz CT molecular complexity index is 901. The SMILES string of the molecule is Cc1ccc(SC[C@H]2C[C@@](Cn3cncn3)(c3ccc(Cl)cc3)N(C)O2)cc1. The van der Waals surface area contributed by atoms with Crippen LogP contribution in [0.4, 0.5) is 0 Å². The van der Waals surface area contributed by atoms with E-state index in [1.165, 1.54) is 10.5 Å². The summed E-state index contributed by atoms with van der Waals surface area (Å²) in [6.45, 7) is 2.77. The van der Waals surface area contributed by atoms with Gasteiger partial charge in [0.15, 0.2) is 0 Å². The van der Waals surface area contributed by atoms with Gasteiger partial charge in [0.05, 0.1) is 18.2 Å². The lowest BCUT2D eigenvalue weighted by Gasteiger charge is -2.34. The Kier molecular flexibility index (Phi) is 5.73. The Labute approximate surface area is 174 Å². The van der Waals surface area contributed by atoms with Crippen LogP contribution in [0.5, 0.6) is 0 Å². The first-order valence-electron chi connectivity index (χ1n) is 9.24. The predicted molar refractivity (Wildman–Crippen MR) is 112 cm³/mol. The maximum absolute atomic E-state index is 6.27. The van der Waals surface area contributed by atoms with Crippen molar-refractivity contribution < 1.29 is 4.84 Å². The van der Waals surface area contributed by atoms with Crippen LogP contribution in [0, 0.1) is 6.92 Å². The third-order valence-electron chi connectivity index (χ3n) is 5.20. The zero-order chi connectivity index (χ0) is 19.6. The number of thioether (sulfide) groups is 1. The molecule has 0 amide bonds. The lowest BCUT2D eigenvalue weighted by atomic mass is 9.85. The molecule has 0 saturated carbocycles. The molecule has 0 bridgehead atoms. The first-order valence-corrected chi connectivity index (χ1v) is 10.6. The highest BCUT2D eigenvalue weighted by Gasteiger charge is 2.47. The zero-order valence-electron chi connectivity index (χ0n) is 16.0. The van der Waals surface area contributed by atoms with Crippen molar-refractivity contribution in [2.24, 2.45) is 0 Å². The van der Waals surface area contributed by atoms with Gasteiger partial charge in [0.1, 0.15) is 12.7 Å². The standard InChI is InChI=1S/C21H23ClN4OS/c1-16-3-9-20(10-4-16)28-12-19-11-21(25(2)27-19,13-26-15-23-14-24-26)17-5-7-18(22)8-6-17/h3-10,14-15,19H,11-13H2,1-2H3/t19-,21-/m1/s1. The molecule has 3 aromatic rings. The summed E-state index contributed by atoms with van der Waals surface area (Å²) in [6.07, 6.45) is 4.29. The Morgan fingerprint density at radius 3 is 2.61 bits per heavy atom. The molecule has 28 heavy (non-hydrogen) atoms. The zero-order valence-corrected chi connectivity index (χ0v) is 17.5. The predicted octanol–water partition coefficient (Wildman–Crippen LogP) is 4.56. The van der Waals surface area contributed by atoms with Crippen molar-refractivity contribution >= 4 is 23.4 Å². The van der Waals surface area contributed by atoms with Gasteiger partial charge in [-0.15, -0.1) is 11.8 Å². The van der Waals surface area contributed by atoms with Gasteiger partial charge >= 0.3 is 0 Å². The third-order valence-corrected chi connectivity index (χ3v) is 6.60. The number of hydrogen-bond donors (Lipinski definition) is 0. The van der Waals surface area contributed by atoms with Gasteiger partial charge in [0.2, 0.25) is 0 Å². The molecule has 1 aliphatic heterocycles. The molecule has 1 aliphatic rings. The van der Waals surface area contributed by atoms with Crippen LogP contribution in [0.15, 0.2) is 66.1 Å². The molecule has 0 radical (unpaired) electrons. The fourth-order valence-corrected chi connectivity index (χ4v) is 4.69. The monoisotopic (exact) mass is 414 g/mol. The summed E-state index contributed by atoms with van der Waals surface area (Å²) < 4.78 is 1.87. The molecule has 7 heteroatoms. The summed E-state index contributed by atoms with van der Waals surface area (Å²) in [5.74, 6) is 0.889. The second kappa shape index (κ2) is 8.25. The van der Waals surface area contributed by atoms with E-state index in [1.54, 1.807) is 12.7 Å². The van der Waals surface area contributed by atoms with Crippen LogP contribution in [-0.4, -0.2) is 38.7 Å². The second-order valence-electron chi connectivity index (χ2n) is 7.18. The van der Waals surface area contributed by atoms with Crippen LogP contribution in [-0.2, 0) is 16.9 Å². The number of aryl methyl sites for hydroxylation is 1. The number of hydroxylamine groups is 2. The number of halogens is 1. The average molecular weight is 415 g/mol. The van der Waals surface area contributed by atoms with Gasteiger partial charge in [0.25, 0.3) is 0 Å². The molecule has 0 spiro atoms. The topological polar surface area (TPSA) is 43.2 Å². The fourth-order valence-electron chi connectivity index (χ4n) is 3.68. The Balaban J connectivity index is 1.55. The lowest BCUT2D eigenvalue weighted by Crippen LogP contribution is -2.41. The van der Waals surface area contributed by atoms with Crippen molar-refractivity contribution in [3.63, 3.8) is 0 Å². The normalized spacial score (nSPS) is 22.6. The molecule has 1 aromatic heterocycles. The van der Waals surface area contributed by atoms with Crippen LogP contribution in [0.25, 0.3) is 0 Å². The van der Waals surface area contributed by atoms with Crippen LogP contribution in [0.1, 0.15) is 17.5 Å². The Hall–Kier alpha value is -1.86. The third kappa shape index (κ3) is 4.10. The summed E-state index contributed by atoms with van der Waals surface area (Å²) in [5.41, 5.74) is 2.12. The van der Waals surface area contributed by atoms with E-state index < -0.39 is 0 Å². The average Bonchev–Trinajstić information content (AvgIpc) is 3.31. The van der Waals surface area contributed by atoms with E-state index in [-0.39, 0.29) is 11.6 Å². The molecule has 2 aromatic carbocycles. The molecular formula is C21H23ClN4OS. The van der Waals surface area contributed by atoms with Gasteiger partial charge in [-0.25, -0.2) is 4.98 Å². The lowest BCUT2D eigenvalue weighted by molar-refractivity contribution is -0.170. The van der Waals surface area contributed by atoms with E-state index >= 15 is 0 Å². The molecular weight excluding hydrogens is 392 g/mol. The van der Waals surface area contributed by atoms with E-state index in [0.717, 1.165) is 22.8 Å². The summed E-state index contributed by atoms with van der Waals surface area (Å²) in [5, 5.41) is 7.03. The minimum atomic E-state index is -0.323. The fraction of sp³-hybridized carbons (Fsp3) is 0.333. The minimum absolute atomic E-state index is 0.107. The molecule has 2 atom stereocenters. The van der Waals surface area contributed by atoms with E-state index in [9.17, 15) is 0 Å². The Morgan fingerprint density at radius 1 is 1.18 bits per heavy atom. The molecule has 0 aliphatic carbocycles. The molecule has 0 N–H and O–H groups in total. The summed E-state index contributed by atoms with van der Waals surface area (Å²) in [4.78, 5) is 11.6. The van der Waals surface area contributed by atoms with Gasteiger partial charge in [-0.3, -0.25) is 9.52 Å².